The average Bonchev–Trinajstić information content (AvgIpc) is 3.19. The maximum Gasteiger partial charge on any atom is 0.294 e. The molecule has 0 aliphatic carbocycles. The lowest BCUT2D eigenvalue weighted by Gasteiger charge is -2.37. The summed E-state index contributed by atoms with van der Waals surface area (Å²) in [6, 6.07) is 5.35. The van der Waals surface area contributed by atoms with Crippen LogP contribution in [-0.2, 0) is 4.74 Å². The van der Waals surface area contributed by atoms with Crippen LogP contribution in [0.15, 0.2) is 28.5 Å². The number of nitrogens with zero attached hydrogens (tertiary/aromatic N) is 5. The summed E-state index contributed by atoms with van der Waals surface area (Å²) in [5.74, 6) is 0. The zero-order chi connectivity index (χ0) is 22.1. The van der Waals surface area contributed by atoms with Gasteiger partial charge in [0.05, 0.1) is 18.1 Å². The van der Waals surface area contributed by atoms with Crippen molar-refractivity contribution >= 4 is 11.4 Å². The van der Waals surface area contributed by atoms with E-state index in [1.54, 1.807) is 17.1 Å². The second-order valence-electron chi connectivity index (χ2n) is 8.69. The Balaban J connectivity index is 1.65. The third-order valence-electron chi connectivity index (χ3n) is 6.24. The summed E-state index contributed by atoms with van der Waals surface area (Å²) < 4.78 is 5.54. The molecule has 0 aromatic heterocycles. The molecular weight excluding hydrogens is 394 g/mol. The van der Waals surface area contributed by atoms with E-state index in [9.17, 15) is 10.1 Å². The van der Waals surface area contributed by atoms with Crippen LogP contribution < -0.4 is 5.01 Å². The number of hydrogen-bond acceptors (Lipinski definition) is 7. The molecule has 172 valence electrons. The van der Waals surface area contributed by atoms with Crippen molar-refractivity contribution < 1.29 is 9.66 Å². The highest BCUT2D eigenvalue weighted by Gasteiger charge is 2.40. The van der Waals surface area contributed by atoms with Crippen molar-refractivity contribution in [3.05, 3.63) is 33.9 Å². The van der Waals surface area contributed by atoms with Gasteiger partial charge in [0.2, 0.25) is 0 Å². The van der Waals surface area contributed by atoms with Gasteiger partial charge in [-0.3, -0.25) is 15.0 Å². The standard InChI is InChI=1S/C23H37N5O3/c1-3-4-5-6-7-8-9-10-11-20-23(26-14-16-31-17-15-26)27(25-24-20)21-13-12-19(2)18-22(21)28(29)30/h12-13,18,20,23H,3-11,14-17H2,1-2H3. The molecular formula is C23H37N5O3. The fraction of sp³-hybridized carbons (Fsp3) is 0.739. The van der Waals surface area contributed by atoms with Gasteiger partial charge in [-0.25, -0.2) is 5.01 Å². The zero-order valence-corrected chi connectivity index (χ0v) is 19.0. The fourth-order valence-electron chi connectivity index (χ4n) is 4.50. The Morgan fingerprint density at radius 1 is 1.10 bits per heavy atom. The number of aryl methyl sites for hydroxylation is 1. The van der Waals surface area contributed by atoms with Crippen LogP contribution in [0.25, 0.3) is 0 Å². The molecule has 0 N–H and O–H groups in total. The Bertz CT molecular complexity index is 736. The summed E-state index contributed by atoms with van der Waals surface area (Å²) in [6.07, 6.45) is 11.1. The maximum atomic E-state index is 11.7. The number of nitro groups is 1. The molecule has 0 radical (unpaired) electrons. The van der Waals surface area contributed by atoms with Crippen molar-refractivity contribution in [1.29, 1.82) is 0 Å². The van der Waals surface area contributed by atoms with Gasteiger partial charge in [-0.1, -0.05) is 69.6 Å². The van der Waals surface area contributed by atoms with E-state index in [0.717, 1.165) is 31.5 Å². The highest BCUT2D eigenvalue weighted by Crippen LogP contribution is 2.37. The largest absolute Gasteiger partial charge is 0.379 e. The van der Waals surface area contributed by atoms with Gasteiger partial charge in [-0.15, -0.1) is 0 Å². The van der Waals surface area contributed by atoms with Crippen LogP contribution in [0, 0.1) is 17.0 Å². The molecule has 2 atom stereocenters. The first-order valence-corrected chi connectivity index (χ1v) is 11.9. The van der Waals surface area contributed by atoms with Crippen LogP contribution in [0.4, 0.5) is 11.4 Å². The topological polar surface area (TPSA) is 83.6 Å². The van der Waals surface area contributed by atoms with Crippen LogP contribution in [0.2, 0.25) is 0 Å². The third kappa shape index (κ3) is 6.46. The molecule has 2 aliphatic rings. The molecule has 0 bridgehead atoms. The van der Waals surface area contributed by atoms with Crippen molar-refractivity contribution in [2.75, 3.05) is 31.3 Å². The lowest BCUT2D eigenvalue weighted by Crippen LogP contribution is -2.53. The molecule has 1 aromatic rings. The highest BCUT2D eigenvalue weighted by molar-refractivity contribution is 5.64. The van der Waals surface area contributed by atoms with Crippen molar-refractivity contribution in [3.8, 4) is 0 Å². The number of unbranched alkanes of at least 4 members (excludes halogenated alkanes) is 7. The Morgan fingerprint density at radius 2 is 1.77 bits per heavy atom. The summed E-state index contributed by atoms with van der Waals surface area (Å²) in [4.78, 5) is 13.7. The van der Waals surface area contributed by atoms with E-state index in [1.807, 2.05) is 13.0 Å². The van der Waals surface area contributed by atoms with E-state index in [4.69, 9.17) is 4.74 Å². The lowest BCUT2D eigenvalue weighted by atomic mass is 10.0. The molecule has 0 saturated carbocycles. The number of morpholine rings is 1. The summed E-state index contributed by atoms with van der Waals surface area (Å²) in [5, 5.41) is 22.5. The number of nitro benzene ring substituents is 1. The Labute approximate surface area is 185 Å². The minimum atomic E-state index is -0.319. The minimum absolute atomic E-state index is 0.0269. The number of rotatable bonds is 12. The smallest absolute Gasteiger partial charge is 0.294 e. The molecule has 3 rings (SSSR count). The Morgan fingerprint density at radius 3 is 2.45 bits per heavy atom. The maximum absolute atomic E-state index is 11.7. The normalized spacial score (nSPS) is 21.7. The fourth-order valence-corrected chi connectivity index (χ4v) is 4.50. The van der Waals surface area contributed by atoms with E-state index in [-0.39, 0.29) is 22.8 Å². The van der Waals surface area contributed by atoms with E-state index in [0.29, 0.717) is 18.9 Å². The van der Waals surface area contributed by atoms with Gasteiger partial charge in [-0.2, -0.15) is 5.11 Å². The molecule has 1 aromatic carbocycles. The number of hydrogen-bond donors (Lipinski definition) is 0. The second-order valence-corrected chi connectivity index (χ2v) is 8.69. The van der Waals surface area contributed by atoms with Crippen molar-refractivity contribution in [2.24, 2.45) is 10.3 Å². The molecule has 31 heavy (non-hydrogen) atoms. The summed E-state index contributed by atoms with van der Waals surface area (Å²) in [7, 11) is 0. The average molecular weight is 432 g/mol. The zero-order valence-electron chi connectivity index (χ0n) is 19.0. The van der Waals surface area contributed by atoms with Crippen LogP contribution in [0.5, 0.6) is 0 Å². The predicted octanol–water partition coefficient (Wildman–Crippen LogP) is 5.65. The molecule has 1 fully saturated rings. The first-order chi connectivity index (χ1) is 15.1. The third-order valence-corrected chi connectivity index (χ3v) is 6.24. The van der Waals surface area contributed by atoms with E-state index in [2.05, 4.69) is 22.2 Å². The van der Waals surface area contributed by atoms with Gasteiger partial charge >= 0.3 is 0 Å². The number of benzene rings is 1. The molecule has 2 heterocycles. The molecule has 2 unspecified atom stereocenters. The SMILES string of the molecule is CCCCCCCCCCC1N=NN(c2ccc(C)cc2[N+](=O)[O-])C1N1CCOCC1. The van der Waals surface area contributed by atoms with Crippen LogP contribution in [-0.4, -0.2) is 48.3 Å². The first-order valence-electron chi connectivity index (χ1n) is 11.9. The minimum Gasteiger partial charge on any atom is -0.379 e. The number of ether oxygens (including phenoxy) is 1. The molecule has 8 heteroatoms. The Kier molecular flexibility index (Phi) is 9.21. The molecule has 1 saturated heterocycles. The van der Waals surface area contributed by atoms with Crippen LogP contribution >= 0.6 is 0 Å². The molecule has 0 amide bonds. The lowest BCUT2D eigenvalue weighted by molar-refractivity contribution is -0.384. The van der Waals surface area contributed by atoms with Crippen molar-refractivity contribution in [3.63, 3.8) is 0 Å². The summed E-state index contributed by atoms with van der Waals surface area (Å²) in [6.45, 7) is 7.04. The van der Waals surface area contributed by atoms with E-state index >= 15 is 0 Å². The Hall–Kier alpha value is -2.06. The van der Waals surface area contributed by atoms with Gasteiger partial charge in [0, 0.05) is 19.2 Å². The van der Waals surface area contributed by atoms with Crippen molar-refractivity contribution in [2.45, 2.75) is 83.8 Å². The van der Waals surface area contributed by atoms with E-state index < -0.39 is 0 Å². The molecule has 8 nitrogen and oxygen atoms in total. The van der Waals surface area contributed by atoms with Gasteiger partial charge in [0.25, 0.3) is 5.69 Å². The monoisotopic (exact) mass is 431 g/mol. The molecule has 2 aliphatic heterocycles. The van der Waals surface area contributed by atoms with Gasteiger partial charge < -0.3 is 4.74 Å². The summed E-state index contributed by atoms with van der Waals surface area (Å²) in [5.41, 5.74) is 1.48. The highest BCUT2D eigenvalue weighted by atomic mass is 16.6. The van der Waals surface area contributed by atoms with Crippen LogP contribution in [0.3, 0.4) is 0 Å². The quantitative estimate of drug-likeness (QED) is 0.243. The summed E-state index contributed by atoms with van der Waals surface area (Å²) >= 11 is 0. The van der Waals surface area contributed by atoms with Gasteiger partial charge in [0.15, 0.2) is 0 Å². The first kappa shape index (κ1) is 23.6. The van der Waals surface area contributed by atoms with Gasteiger partial charge in [-0.05, 0) is 25.0 Å². The van der Waals surface area contributed by atoms with Gasteiger partial charge in [0.1, 0.15) is 17.9 Å². The van der Waals surface area contributed by atoms with Crippen molar-refractivity contribution in [1.82, 2.24) is 4.90 Å². The van der Waals surface area contributed by atoms with Crippen LogP contribution in [0.1, 0.15) is 70.3 Å². The van der Waals surface area contributed by atoms with E-state index in [1.165, 1.54) is 44.9 Å². The molecule has 0 spiro atoms. The second kappa shape index (κ2) is 12.1. The number of anilines is 1. The predicted molar refractivity (Wildman–Crippen MR) is 122 cm³/mol.